The molecule has 0 fully saturated rings. The van der Waals surface area contributed by atoms with Crippen molar-refractivity contribution < 1.29 is 32.9 Å². The van der Waals surface area contributed by atoms with E-state index >= 15 is 0 Å². The number of hydrogen-bond acceptors (Lipinski definition) is 5. The molecule has 0 bridgehead atoms. The minimum atomic E-state index is -4.37. The molecule has 0 aliphatic rings. The normalized spacial score (nSPS) is 14.0. The number of carbonyl (C=O) groups is 1. The maximum atomic E-state index is 13.1. The lowest BCUT2D eigenvalue weighted by Gasteiger charge is -2.25. The van der Waals surface area contributed by atoms with Gasteiger partial charge in [-0.2, -0.15) is 0 Å². The molecule has 3 unspecified atom stereocenters. The van der Waals surface area contributed by atoms with Gasteiger partial charge in [-0.3, -0.25) is 13.8 Å². The molecule has 0 aliphatic carbocycles. The second-order valence-corrected chi connectivity index (χ2v) is 29.9. The van der Waals surface area contributed by atoms with E-state index in [1.54, 1.807) is 6.08 Å². The van der Waals surface area contributed by atoms with E-state index in [1.807, 2.05) is 27.2 Å². The van der Waals surface area contributed by atoms with Crippen LogP contribution in [0.4, 0.5) is 0 Å². The first-order valence-electron chi connectivity index (χ1n) is 40.1. The summed E-state index contributed by atoms with van der Waals surface area (Å²) in [5.74, 6) is -0.181. The van der Waals surface area contributed by atoms with Crippen LogP contribution in [0.5, 0.6) is 0 Å². The number of phosphoric ester groups is 1. The Bertz CT molecular complexity index is 1840. The lowest BCUT2D eigenvalue weighted by molar-refractivity contribution is -0.870. The molecule has 0 saturated heterocycles. The minimum absolute atomic E-state index is 0.0555. The van der Waals surface area contributed by atoms with Crippen LogP contribution >= 0.6 is 7.82 Å². The number of aliphatic hydroxyl groups is 1. The summed E-state index contributed by atoms with van der Waals surface area (Å²) in [6.45, 7) is 4.73. The molecule has 542 valence electrons. The van der Waals surface area contributed by atoms with Crippen molar-refractivity contribution in [3.8, 4) is 0 Å². The molecular weight excluding hydrogens is 1160 g/mol. The Morgan fingerprint density at radius 3 is 0.989 bits per heavy atom. The van der Waals surface area contributed by atoms with Gasteiger partial charge in [0.1, 0.15) is 13.2 Å². The fraction of sp³-hybridized carbons (Fsp3) is 0.798. The standard InChI is InChI=1S/C84H155N2O6P/c1-6-8-10-12-14-16-18-20-22-24-26-28-30-32-34-36-38-39-40-41-42-43-44-45-46-47-48-50-52-54-56-58-60-62-64-66-68-70-72-74-76-78-84(88)85-82(81-92-93(89,90)91-80-79-86(3,4)5)83(87)77-75-73-71-69-67-65-63-61-59-57-55-53-51-49-37-35-33-31-29-27-25-23-21-19-17-15-13-11-9-7-2/h8,10,14,16,20,22,26,28,32,34,38-39,67,69,75,77,82-83,87H,6-7,9,11-13,15,17-19,21,23-25,27,29-31,33,35-37,40-66,68,70-74,76,78-81H2,1-5H3,(H-,85,88,89,90)/p+1/b10-8-,16-14-,22-20-,28-26-,34-32-,39-38-,69-67+,77-75+. The number of amides is 1. The van der Waals surface area contributed by atoms with Crippen LogP contribution in [0.2, 0.25) is 0 Å². The SMILES string of the molecule is CC/C=C\C/C=C\C/C=C\C/C=C\C/C=C\C/C=C\CCCCCCCCCCCCCCCCCCCCCCCCC(=O)NC(COP(=O)(O)OCC[N+](C)(C)C)C(O)/C=C/CC/C=C/CCCCCCCCCCCCCCCCCCCCCCCCCC. The van der Waals surface area contributed by atoms with Crippen molar-refractivity contribution in [1.29, 1.82) is 0 Å². The second-order valence-electron chi connectivity index (χ2n) is 28.4. The van der Waals surface area contributed by atoms with Gasteiger partial charge in [-0.1, -0.05) is 387 Å². The molecule has 0 heterocycles. The number of rotatable bonds is 74. The van der Waals surface area contributed by atoms with E-state index in [2.05, 4.69) is 104 Å². The Balaban J connectivity index is 3.98. The van der Waals surface area contributed by atoms with E-state index in [-0.39, 0.29) is 19.1 Å². The van der Waals surface area contributed by atoms with Crippen molar-refractivity contribution in [3.63, 3.8) is 0 Å². The summed E-state index contributed by atoms with van der Waals surface area (Å²) in [4.78, 5) is 23.5. The average molecular weight is 1320 g/mol. The number of allylic oxidation sites excluding steroid dienone is 15. The van der Waals surface area contributed by atoms with Crippen molar-refractivity contribution in [2.75, 3.05) is 40.9 Å². The monoisotopic (exact) mass is 1320 g/mol. The summed E-state index contributed by atoms with van der Waals surface area (Å²) >= 11 is 0. The van der Waals surface area contributed by atoms with E-state index in [1.165, 1.54) is 283 Å². The molecule has 8 nitrogen and oxygen atoms in total. The smallest absolute Gasteiger partial charge is 0.387 e. The van der Waals surface area contributed by atoms with E-state index in [0.717, 1.165) is 77.0 Å². The zero-order chi connectivity index (χ0) is 67.6. The quantitative estimate of drug-likeness (QED) is 0.0243. The Kier molecular flexibility index (Phi) is 71.6. The number of phosphoric acid groups is 1. The Hall–Kier alpha value is -2.58. The highest BCUT2D eigenvalue weighted by molar-refractivity contribution is 7.47. The van der Waals surface area contributed by atoms with Crippen LogP contribution in [-0.4, -0.2) is 73.4 Å². The van der Waals surface area contributed by atoms with Crippen LogP contribution in [0.3, 0.4) is 0 Å². The molecule has 0 saturated carbocycles. The molecular formula is C84H156N2O6P+. The molecule has 3 atom stereocenters. The third kappa shape index (κ3) is 76.7. The molecule has 0 rings (SSSR count). The van der Waals surface area contributed by atoms with Crippen LogP contribution in [0, 0.1) is 0 Å². The maximum Gasteiger partial charge on any atom is 0.472 e. The predicted octanol–water partition coefficient (Wildman–Crippen LogP) is 26.4. The van der Waals surface area contributed by atoms with Crippen LogP contribution in [0.25, 0.3) is 0 Å². The van der Waals surface area contributed by atoms with Gasteiger partial charge in [0.2, 0.25) is 5.91 Å². The van der Waals surface area contributed by atoms with Gasteiger partial charge in [0, 0.05) is 6.42 Å². The number of aliphatic hydroxyl groups excluding tert-OH is 1. The van der Waals surface area contributed by atoms with E-state index in [9.17, 15) is 19.4 Å². The summed E-state index contributed by atoms with van der Waals surface area (Å²) < 4.78 is 23.9. The van der Waals surface area contributed by atoms with Gasteiger partial charge in [0.15, 0.2) is 0 Å². The lowest BCUT2D eigenvalue weighted by atomic mass is 10.0. The van der Waals surface area contributed by atoms with Gasteiger partial charge < -0.3 is 19.8 Å². The fourth-order valence-corrected chi connectivity index (χ4v) is 12.6. The summed E-state index contributed by atoms with van der Waals surface area (Å²) in [5, 5.41) is 14.0. The molecule has 0 aliphatic heterocycles. The first kappa shape index (κ1) is 90.4. The number of hydrogen-bond donors (Lipinski definition) is 3. The second kappa shape index (κ2) is 73.7. The molecule has 0 aromatic heterocycles. The molecule has 0 radical (unpaired) electrons. The molecule has 0 aromatic carbocycles. The van der Waals surface area contributed by atoms with Crippen molar-refractivity contribution >= 4 is 13.7 Å². The lowest BCUT2D eigenvalue weighted by Crippen LogP contribution is -2.45. The van der Waals surface area contributed by atoms with E-state index < -0.39 is 20.0 Å². The number of carbonyl (C=O) groups excluding carboxylic acids is 1. The molecule has 9 heteroatoms. The Morgan fingerprint density at radius 1 is 0.376 bits per heavy atom. The van der Waals surface area contributed by atoms with Gasteiger partial charge in [0.05, 0.1) is 39.9 Å². The van der Waals surface area contributed by atoms with Gasteiger partial charge in [0.25, 0.3) is 0 Å². The van der Waals surface area contributed by atoms with Crippen LogP contribution in [0.1, 0.15) is 380 Å². The Morgan fingerprint density at radius 2 is 0.656 bits per heavy atom. The predicted molar refractivity (Wildman–Crippen MR) is 410 cm³/mol. The molecule has 3 N–H and O–H groups in total. The van der Waals surface area contributed by atoms with Crippen LogP contribution in [0.15, 0.2) is 97.2 Å². The molecule has 0 spiro atoms. The van der Waals surface area contributed by atoms with Gasteiger partial charge in [-0.25, -0.2) is 4.57 Å². The van der Waals surface area contributed by atoms with Gasteiger partial charge in [-0.05, 0) is 83.5 Å². The van der Waals surface area contributed by atoms with E-state index in [4.69, 9.17) is 9.05 Å². The number of likely N-dealkylation sites (N-methyl/N-ethyl adjacent to an activating group) is 1. The topological polar surface area (TPSA) is 105 Å². The third-order valence-corrected chi connectivity index (χ3v) is 19.0. The molecule has 0 aromatic rings. The van der Waals surface area contributed by atoms with Crippen molar-refractivity contribution in [2.45, 2.75) is 392 Å². The first-order chi connectivity index (χ1) is 45.5. The largest absolute Gasteiger partial charge is 0.472 e. The fourth-order valence-electron chi connectivity index (χ4n) is 11.9. The highest BCUT2D eigenvalue weighted by Gasteiger charge is 2.28. The van der Waals surface area contributed by atoms with Crippen molar-refractivity contribution in [1.82, 2.24) is 5.32 Å². The zero-order valence-electron chi connectivity index (χ0n) is 62.2. The summed E-state index contributed by atoms with van der Waals surface area (Å²) in [5.41, 5.74) is 0. The van der Waals surface area contributed by atoms with Crippen molar-refractivity contribution in [2.24, 2.45) is 0 Å². The van der Waals surface area contributed by atoms with E-state index in [0.29, 0.717) is 17.4 Å². The highest BCUT2D eigenvalue weighted by atomic mass is 31.2. The number of nitrogens with zero attached hydrogens (tertiary/aromatic N) is 1. The average Bonchev–Trinajstić information content (AvgIpc) is 2.75. The number of quaternary nitrogens is 1. The summed E-state index contributed by atoms with van der Waals surface area (Å²) in [6, 6.07) is -0.868. The zero-order valence-corrected chi connectivity index (χ0v) is 63.1. The maximum absolute atomic E-state index is 13.1. The first-order valence-corrected chi connectivity index (χ1v) is 41.6. The molecule has 93 heavy (non-hydrogen) atoms. The Labute approximate surface area is 579 Å². The van der Waals surface area contributed by atoms with Gasteiger partial charge in [-0.15, -0.1) is 0 Å². The van der Waals surface area contributed by atoms with Crippen LogP contribution in [-0.2, 0) is 18.4 Å². The molecule has 1 amide bonds. The van der Waals surface area contributed by atoms with Crippen LogP contribution < -0.4 is 5.32 Å². The number of unbranched alkanes of at least 4 members (excludes halogenated alkanes) is 47. The summed E-state index contributed by atoms with van der Waals surface area (Å²) in [7, 11) is 1.57. The highest BCUT2D eigenvalue weighted by Crippen LogP contribution is 2.43. The third-order valence-electron chi connectivity index (χ3n) is 18.0. The minimum Gasteiger partial charge on any atom is -0.387 e. The summed E-state index contributed by atoms with van der Waals surface area (Å²) in [6.07, 6.45) is 108. The van der Waals surface area contributed by atoms with Gasteiger partial charge >= 0.3 is 7.82 Å². The number of nitrogens with one attached hydrogen (secondary N) is 1. The van der Waals surface area contributed by atoms with Crippen molar-refractivity contribution in [3.05, 3.63) is 97.2 Å².